The maximum Gasteiger partial charge on any atom is 0.343 e. The molecule has 3 rings (SSSR count). The number of nitrogens with zero attached hydrogens (tertiary/aromatic N) is 1. The van der Waals surface area contributed by atoms with E-state index >= 15 is 0 Å². The van der Waals surface area contributed by atoms with Gasteiger partial charge in [-0.1, -0.05) is 64.7 Å². The van der Waals surface area contributed by atoms with Gasteiger partial charge in [-0.05, 0) is 73.0 Å². The molecule has 0 aliphatic heterocycles. The molecule has 0 saturated heterocycles. The summed E-state index contributed by atoms with van der Waals surface area (Å²) in [4.78, 5) is 23.6. The first-order valence-electron chi connectivity index (χ1n) is 13.9. The van der Waals surface area contributed by atoms with Crippen molar-refractivity contribution in [2.75, 3.05) is 13.2 Å². The van der Waals surface area contributed by atoms with E-state index < -0.39 is 10.9 Å². The zero-order chi connectivity index (χ0) is 28.7. The second-order valence-electron chi connectivity index (χ2n) is 9.71. The Kier molecular flexibility index (Phi) is 12.1. The Bertz CT molecular complexity index is 1310. The van der Waals surface area contributed by atoms with Crippen LogP contribution in [0.25, 0.3) is 0 Å². The third-order valence-corrected chi connectivity index (χ3v) is 6.40. The summed E-state index contributed by atoms with van der Waals surface area (Å²) < 4.78 is 16.9. The Labute approximate surface area is 236 Å². The molecule has 1 atom stereocenters. The molecule has 40 heavy (non-hydrogen) atoms. The van der Waals surface area contributed by atoms with Crippen LogP contribution in [0.15, 0.2) is 66.7 Å². The molecule has 0 N–H and O–H groups in total. The monoisotopic (exact) mass is 543 g/mol. The third kappa shape index (κ3) is 9.77. The molecule has 0 amide bonds. The number of unbranched alkanes of at least 4 members (excludes halogenated alkanes) is 4. The van der Waals surface area contributed by atoms with E-state index in [1.165, 1.54) is 25.3 Å². The van der Waals surface area contributed by atoms with Gasteiger partial charge in [-0.25, -0.2) is 4.79 Å². The number of benzene rings is 3. The summed E-state index contributed by atoms with van der Waals surface area (Å²) in [6.07, 6.45) is 6.80. The summed E-state index contributed by atoms with van der Waals surface area (Å²) in [5.74, 6) is 7.13. The topological polar surface area (TPSA) is 87.9 Å². The lowest BCUT2D eigenvalue weighted by Crippen LogP contribution is -2.08. The molecule has 7 heteroatoms. The predicted molar refractivity (Wildman–Crippen MR) is 156 cm³/mol. The van der Waals surface area contributed by atoms with Gasteiger partial charge in [-0.15, -0.1) is 0 Å². The molecule has 0 fully saturated rings. The highest BCUT2D eigenvalue weighted by Gasteiger charge is 2.16. The van der Waals surface area contributed by atoms with Crippen molar-refractivity contribution in [1.29, 1.82) is 0 Å². The molecular weight excluding hydrogens is 506 g/mol. The number of nitro benzene ring substituents is 1. The standard InChI is InChI=1S/C33H37NO6/c1-4-6-7-8-9-22-38-29-19-15-28(16-20-29)33(35)40-30-17-12-26(13-18-30)10-11-27-14-21-32(31(23-27)34(36)37)39-24-25(3)5-2/h12-21,23,25H,4-9,22,24H2,1-3H3/t25-/m0/s1. The smallest absolute Gasteiger partial charge is 0.343 e. The normalized spacial score (nSPS) is 11.2. The third-order valence-electron chi connectivity index (χ3n) is 6.40. The van der Waals surface area contributed by atoms with E-state index in [9.17, 15) is 14.9 Å². The van der Waals surface area contributed by atoms with Crippen molar-refractivity contribution in [3.63, 3.8) is 0 Å². The van der Waals surface area contributed by atoms with Gasteiger partial charge in [-0.2, -0.15) is 0 Å². The molecular formula is C33H37NO6. The van der Waals surface area contributed by atoms with E-state index in [2.05, 4.69) is 18.8 Å². The first-order chi connectivity index (χ1) is 19.4. The van der Waals surface area contributed by atoms with E-state index in [1.807, 2.05) is 13.8 Å². The maximum atomic E-state index is 12.5. The Morgan fingerprint density at radius 3 is 2.17 bits per heavy atom. The van der Waals surface area contributed by atoms with Crippen LogP contribution in [-0.2, 0) is 0 Å². The minimum absolute atomic E-state index is 0.112. The summed E-state index contributed by atoms with van der Waals surface area (Å²) in [6.45, 7) is 7.35. The lowest BCUT2D eigenvalue weighted by molar-refractivity contribution is -0.385. The second kappa shape index (κ2) is 15.9. The van der Waals surface area contributed by atoms with Crippen LogP contribution in [0.4, 0.5) is 5.69 Å². The molecule has 0 aromatic heterocycles. The quantitative estimate of drug-likeness (QED) is 0.0511. The minimum Gasteiger partial charge on any atom is -0.494 e. The fourth-order valence-corrected chi connectivity index (χ4v) is 3.71. The van der Waals surface area contributed by atoms with Crippen molar-refractivity contribution in [2.45, 2.75) is 59.3 Å². The lowest BCUT2D eigenvalue weighted by atomic mass is 10.1. The Hall–Kier alpha value is -4.31. The molecule has 0 unspecified atom stereocenters. The van der Waals surface area contributed by atoms with Gasteiger partial charge >= 0.3 is 11.7 Å². The van der Waals surface area contributed by atoms with Gasteiger partial charge < -0.3 is 14.2 Å². The van der Waals surface area contributed by atoms with E-state index in [0.29, 0.717) is 41.6 Å². The molecule has 0 heterocycles. The number of ether oxygens (including phenoxy) is 3. The van der Waals surface area contributed by atoms with Gasteiger partial charge in [0.1, 0.15) is 11.5 Å². The highest BCUT2D eigenvalue weighted by Crippen LogP contribution is 2.28. The van der Waals surface area contributed by atoms with Crippen LogP contribution >= 0.6 is 0 Å². The van der Waals surface area contributed by atoms with Gasteiger partial charge in [-0.3, -0.25) is 10.1 Å². The molecule has 3 aromatic carbocycles. The fraction of sp³-hybridized carbons (Fsp3) is 0.364. The highest BCUT2D eigenvalue weighted by molar-refractivity contribution is 5.91. The Morgan fingerprint density at radius 1 is 0.850 bits per heavy atom. The summed E-state index contributed by atoms with van der Waals surface area (Å²) in [6, 6.07) is 18.4. The number of esters is 1. The van der Waals surface area contributed by atoms with Crippen LogP contribution in [-0.4, -0.2) is 24.1 Å². The van der Waals surface area contributed by atoms with Gasteiger partial charge in [0.15, 0.2) is 5.75 Å². The molecule has 0 saturated carbocycles. The lowest BCUT2D eigenvalue weighted by Gasteiger charge is -2.11. The Balaban J connectivity index is 1.55. The zero-order valence-electron chi connectivity index (χ0n) is 23.5. The molecule has 7 nitrogen and oxygen atoms in total. The summed E-state index contributed by atoms with van der Waals surface area (Å²) >= 11 is 0. The van der Waals surface area contributed by atoms with Crippen molar-refractivity contribution in [1.82, 2.24) is 0 Å². The van der Waals surface area contributed by atoms with Crippen LogP contribution in [0.1, 0.15) is 80.8 Å². The van der Waals surface area contributed by atoms with E-state index in [0.717, 1.165) is 25.0 Å². The first-order valence-corrected chi connectivity index (χ1v) is 13.9. The molecule has 0 bridgehead atoms. The molecule has 0 radical (unpaired) electrons. The molecule has 210 valence electrons. The second-order valence-corrected chi connectivity index (χ2v) is 9.71. The molecule has 0 spiro atoms. The summed E-state index contributed by atoms with van der Waals surface area (Å²) in [7, 11) is 0. The van der Waals surface area contributed by atoms with Crippen molar-refractivity contribution >= 4 is 11.7 Å². The van der Waals surface area contributed by atoms with Crippen molar-refractivity contribution in [2.24, 2.45) is 5.92 Å². The summed E-state index contributed by atoms with van der Waals surface area (Å²) in [5.41, 5.74) is 1.49. The number of carbonyl (C=O) groups excluding carboxylic acids is 1. The van der Waals surface area contributed by atoms with Gasteiger partial charge in [0, 0.05) is 17.2 Å². The maximum absolute atomic E-state index is 12.5. The number of hydrogen-bond donors (Lipinski definition) is 0. The first kappa shape index (κ1) is 30.2. The van der Waals surface area contributed by atoms with Crippen molar-refractivity contribution in [3.8, 4) is 29.1 Å². The number of hydrogen-bond acceptors (Lipinski definition) is 6. The number of carbonyl (C=O) groups is 1. The number of nitro groups is 1. The largest absolute Gasteiger partial charge is 0.494 e. The van der Waals surface area contributed by atoms with Crippen LogP contribution < -0.4 is 14.2 Å². The van der Waals surface area contributed by atoms with E-state index in [1.54, 1.807) is 60.7 Å². The van der Waals surface area contributed by atoms with Gasteiger partial charge in [0.05, 0.1) is 23.7 Å². The molecule has 0 aliphatic rings. The van der Waals surface area contributed by atoms with Crippen LogP contribution in [0.5, 0.6) is 17.2 Å². The summed E-state index contributed by atoms with van der Waals surface area (Å²) in [5, 5.41) is 11.5. The minimum atomic E-state index is -0.465. The fourth-order valence-electron chi connectivity index (χ4n) is 3.71. The van der Waals surface area contributed by atoms with Crippen LogP contribution in [0.3, 0.4) is 0 Å². The van der Waals surface area contributed by atoms with Gasteiger partial charge in [0.2, 0.25) is 0 Å². The predicted octanol–water partition coefficient (Wildman–Crippen LogP) is 7.99. The van der Waals surface area contributed by atoms with E-state index in [4.69, 9.17) is 14.2 Å². The van der Waals surface area contributed by atoms with Gasteiger partial charge in [0.25, 0.3) is 0 Å². The zero-order valence-corrected chi connectivity index (χ0v) is 23.5. The molecule has 0 aliphatic carbocycles. The highest BCUT2D eigenvalue weighted by atomic mass is 16.6. The average Bonchev–Trinajstić information content (AvgIpc) is 2.97. The van der Waals surface area contributed by atoms with Crippen LogP contribution in [0.2, 0.25) is 0 Å². The Morgan fingerprint density at radius 2 is 1.50 bits per heavy atom. The van der Waals surface area contributed by atoms with Crippen LogP contribution in [0, 0.1) is 27.9 Å². The van der Waals surface area contributed by atoms with Crippen molar-refractivity contribution in [3.05, 3.63) is 93.5 Å². The van der Waals surface area contributed by atoms with Crippen molar-refractivity contribution < 1.29 is 23.9 Å². The average molecular weight is 544 g/mol. The van der Waals surface area contributed by atoms with E-state index in [-0.39, 0.29) is 11.4 Å². The number of rotatable bonds is 14. The SMILES string of the molecule is CCCCCCCOc1ccc(C(=O)Oc2ccc(C#Cc3ccc(OC[C@@H](C)CC)c([N+](=O)[O-])c3)cc2)cc1. The molecule has 3 aromatic rings.